The Balaban J connectivity index is 2.28. The zero-order chi connectivity index (χ0) is 43.9. The molecule has 1 saturated carbocycles. The van der Waals surface area contributed by atoms with Gasteiger partial charge in [-0.25, -0.2) is 0 Å². The summed E-state index contributed by atoms with van der Waals surface area (Å²) < 4.78 is 6.04. The number of ether oxygens (including phenoxy) is 1. The van der Waals surface area contributed by atoms with E-state index in [0.717, 1.165) is 38.5 Å². The summed E-state index contributed by atoms with van der Waals surface area (Å²) in [6.45, 7) is 6.07. The van der Waals surface area contributed by atoms with Crippen LogP contribution in [0.4, 0.5) is 0 Å². The van der Waals surface area contributed by atoms with E-state index in [2.05, 4.69) is 19.2 Å². The molecule has 0 heterocycles. The molecule has 6 N–H and O–H groups in total. The van der Waals surface area contributed by atoms with Crippen LogP contribution in [0.1, 0.15) is 278 Å². The summed E-state index contributed by atoms with van der Waals surface area (Å²) in [5.41, 5.74) is -1.43. The molecule has 0 aromatic carbocycles. The van der Waals surface area contributed by atoms with Crippen LogP contribution in [0, 0.1) is 0 Å². The molecule has 7 unspecified atom stereocenters. The number of aliphatic hydroxyl groups is 5. The number of rotatable bonds is 43. The molecule has 0 aliphatic heterocycles. The highest BCUT2D eigenvalue weighted by atomic mass is 16.5. The molecule has 358 valence electrons. The van der Waals surface area contributed by atoms with Gasteiger partial charge in [-0.15, -0.1) is 0 Å². The Kier molecular flexibility index (Phi) is 38.0. The molecule has 0 saturated heterocycles. The fourth-order valence-corrected chi connectivity index (χ4v) is 9.19. The summed E-state index contributed by atoms with van der Waals surface area (Å²) in [4.78, 5) is 13.2. The fourth-order valence-electron chi connectivity index (χ4n) is 9.19. The number of unbranched alkanes of at least 4 members (excludes halogenated alkanes) is 33. The minimum atomic E-state index is -1.43. The average Bonchev–Trinajstić information content (AvgIpc) is 3.35. The summed E-state index contributed by atoms with van der Waals surface area (Å²) in [6.07, 6.45) is 41.6. The lowest BCUT2D eigenvalue weighted by atomic mass is 9.87. The first-order valence-electron chi connectivity index (χ1n) is 26.5. The van der Waals surface area contributed by atoms with Crippen molar-refractivity contribution in [3.8, 4) is 0 Å². The quantitative estimate of drug-likeness (QED) is 0.0265. The molecule has 0 spiro atoms. The van der Waals surface area contributed by atoms with E-state index in [4.69, 9.17) is 4.74 Å². The number of carbonyl (C=O) groups excluding carboxylic acids is 1. The largest absolute Gasteiger partial charge is 0.390 e. The molecular weight excluding hydrogens is 751 g/mol. The monoisotopic (exact) mass is 854 g/mol. The molecule has 1 aliphatic carbocycles. The van der Waals surface area contributed by atoms with Crippen molar-refractivity contribution < 1.29 is 35.1 Å². The Hall–Kier alpha value is -0.770. The van der Waals surface area contributed by atoms with Crippen LogP contribution in [0.3, 0.4) is 0 Å². The van der Waals surface area contributed by atoms with Crippen LogP contribution in [0.2, 0.25) is 0 Å². The molecular formula is C52H103NO7. The second kappa shape index (κ2) is 39.8. The fraction of sp³-hybridized carbons (Fsp3) is 0.981. The van der Waals surface area contributed by atoms with Gasteiger partial charge < -0.3 is 35.6 Å². The van der Waals surface area contributed by atoms with Gasteiger partial charge >= 0.3 is 0 Å². The zero-order valence-corrected chi connectivity index (χ0v) is 40.0. The van der Waals surface area contributed by atoms with E-state index in [0.29, 0.717) is 32.1 Å². The third kappa shape index (κ3) is 31.1. The summed E-state index contributed by atoms with van der Waals surface area (Å²) in [6, 6.07) is -0.869. The molecule has 8 nitrogen and oxygen atoms in total. The highest BCUT2D eigenvalue weighted by molar-refractivity contribution is 5.76. The van der Waals surface area contributed by atoms with E-state index in [1.807, 2.05) is 0 Å². The van der Waals surface area contributed by atoms with Gasteiger partial charge in [-0.05, 0) is 39.0 Å². The van der Waals surface area contributed by atoms with Crippen molar-refractivity contribution in [2.24, 2.45) is 0 Å². The molecule has 0 bridgehead atoms. The first kappa shape index (κ1) is 57.2. The Morgan fingerprint density at radius 3 is 1.28 bits per heavy atom. The van der Waals surface area contributed by atoms with Gasteiger partial charge in [-0.1, -0.05) is 232 Å². The normalized spacial score (nSPS) is 20.5. The van der Waals surface area contributed by atoms with Gasteiger partial charge in [0, 0.05) is 6.42 Å². The van der Waals surface area contributed by atoms with Crippen LogP contribution < -0.4 is 5.32 Å². The lowest BCUT2D eigenvalue weighted by Crippen LogP contribution is -2.56. The third-order valence-corrected chi connectivity index (χ3v) is 13.5. The van der Waals surface area contributed by atoms with Gasteiger partial charge in [-0.3, -0.25) is 4.79 Å². The van der Waals surface area contributed by atoms with Crippen molar-refractivity contribution >= 4 is 5.91 Å². The molecule has 1 rings (SSSR count). The first-order chi connectivity index (χ1) is 29.1. The maximum atomic E-state index is 13.2. The second-order valence-corrected chi connectivity index (χ2v) is 19.5. The standard InChI is InChI=1S/C52H103NO7/c1-4-6-8-10-12-14-16-18-19-20-21-22-23-24-25-26-27-28-29-31-33-35-37-42-48(55)53-45(44-60-47-41-39-40-46(54)49(56)50(47)57)51(58)52(3,59)43-38-36-34-32-30-17-15-13-11-9-7-5-2/h45-47,49-51,54,56-59H,4-44H2,1-3H3,(H,53,55). The number of hydrogen-bond acceptors (Lipinski definition) is 7. The highest BCUT2D eigenvalue weighted by Crippen LogP contribution is 2.26. The topological polar surface area (TPSA) is 139 Å². The van der Waals surface area contributed by atoms with Crippen LogP contribution in [0.25, 0.3) is 0 Å². The van der Waals surface area contributed by atoms with Crippen molar-refractivity contribution in [2.45, 2.75) is 320 Å². The van der Waals surface area contributed by atoms with Crippen LogP contribution in [-0.4, -0.2) is 80.2 Å². The average molecular weight is 854 g/mol. The molecule has 7 atom stereocenters. The van der Waals surface area contributed by atoms with E-state index in [1.165, 1.54) is 186 Å². The Morgan fingerprint density at radius 2 is 0.900 bits per heavy atom. The Morgan fingerprint density at radius 1 is 0.550 bits per heavy atom. The van der Waals surface area contributed by atoms with Gasteiger partial charge in [0.05, 0.1) is 30.5 Å². The summed E-state index contributed by atoms with van der Waals surface area (Å²) >= 11 is 0. The molecule has 60 heavy (non-hydrogen) atoms. The molecule has 0 radical (unpaired) electrons. The highest BCUT2D eigenvalue weighted by Gasteiger charge is 2.39. The van der Waals surface area contributed by atoms with Crippen LogP contribution in [0.5, 0.6) is 0 Å². The van der Waals surface area contributed by atoms with Crippen LogP contribution in [-0.2, 0) is 9.53 Å². The van der Waals surface area contributed by atoms with Crippen molar-refractivity contribution in [2.75, 3.05) is 6.61 Å². The van der Waals surface area contributed by atoms with E-state index in [-0.39, 0.29) is 12.5 Å². The maximum absolute atomic E-state index is 13.2. The van der Waals surface area contributed by atoms with Crippen molar-refractivity contribution in [3.63, 3.8) is 0 Å². The molecule has 1 aliphatic rings. The van der Waals surface area contributed by atoms with Gasteiger partial charge in [0.15, 0.2) is 0 Å². The minimum absolute atomic E-state index is 0.106. The zero-order valence-electron chi connectivity index (χ0n) is 40.0. The van der Waals surface area contributed by atoms with Crippen LogP contribution >= 0.6 is 0 Å². The maximum Gasteiger partial charge on any atom is 0.220 e. The number of aliphatic hydroxyl groups excluding tert-OH is 4. The molecule has 8 heteroatoms. The SMILES string of the molecule is CCCCCCCCCCCCCCCCCCCCCCCCCC(=O)NC(COC1CCCC(O)C(O)C1O)C(O)C(C)(O)CCCCCCCCCCCCCC. The van der Waals surface area contributed by atoms with E-state index < -0.39 is 42.2 Å². The predicted octanol–water partition coefficient (Wildman–Crippen LogP) is 12.7. The van der Waals surface area contributed by atoms with Gasteiger partial charge in [0.1, 0.15) is 18.3 Å². The lowest BCUT2D eigenvalue weighted by Gasteiger charge is -2.36. The van der Waals surface area contributed by atoms with Gasteiger partial charge in [0.2, 0.25) is 5.91 Å². The number of carbonyl (C=O) groups is 1. The van der Waals surface area contributed by atoms with Gasteiger partial charge in [0.25, 0.3) is 0 Å². The van der Waals surface area contributed by atoms with E-state index in [1.54, 1.807) is 6.92 Å². The number of amides is 1. The predicted molar refractivity (Wildman–Crippen MR) is 252 cm³/mol. The van der Waals surface area contributed by atoms with E-state index >= 15 is 0 Å². The minimum Gasteiger partial charge on any atom is -0.390 e. The molecule has 1 fully saturated rings. The third-order valence-electron chi connectivity index (χ3n) is 13.5. The van der Waals surface area contributed by atoms with Gasteiger partial charge in [-0.2, -0.15) is 0 Å². The second-order valence-electron chi connectivity index (χ2n) is 19.5. The summed E-state index contributed by atoms with van der Waals surface area (Å²) in [5, 5.41) is 57.0. The Bertz CT molecular complexity index is 934. The Labute approximate surface area is 371 Å². The van der Waals surface area contributed by atoms with Crippen molar-refractivity contribution in [1.82, 2.24) is 5.32 Å². The van der Waals surface area contributed by atoms with Crippen molar-refractivity contribution in [3.05, 3.63) is 0 Å². The van der Waals surface area contributed by atoms with Crippen molar-refractivity contribution in [1.29, 1.82) is 0 Å². The molecule has 1 amide bonds. The summed E-state index contributed by atoms with van der Waals surface area (Å²) in [7, 11) is 0. The van der Waals surface area contributed by atoms with E-state index in [9.17, 15) is 30.3 Å². The summed E-state index contributed by atoms with van der Waals surface area (Å²) in [5.74, 6) is -0.177. The molecule has 0 aromatic heterocycles. The number of hydrogen-bond donors (Lipinski definition) is 6. The first-order valence-corrected chi connectivity index (χ1v) is 26.5. The number of nitrogens with one attached hydrogen (secondary N) is 1. The smallest absolute Gasteiger partial charge is 0.220 e. The van der Waals surface area contributed by atoms with Crippen LogP contribution in [0.15, 0.2) is 0 Å². The molecule has 0 aromatic rings. The lowest BCUT2D eigenvalue weighted by molar-refractivity contribution is -0.140.